The summed E-state index contributed by atoms with van der Waals surface area (Å²) in [6.07, 6.45) is 0.863. The van der Waals surface area contributed by atoms with Crippen LogP contribution in [-0.2, 0) is 19.1 Å². The Morgan fingerprint density at radius 3 is 1.40 bits per heavy atom. The number of hydrogen-bond donors (Lipinski definition) is 0. The fourth-order valence-corrected chi connectivity index (χ4v) is 3.93. The number of hydrogen-bond acceptors (Lipinski definition) is 4. The zero-order valence-corrected chi connectivity index (χ0v) is 17.1. The van der Waals surface area contributed by atoms with Crippen molar-refractivity contribution in [1.82, 2.24) is 0 Å². The van der Waals surface area contributed by atoms with E-state index in [0.29, 0.717) is 13.2 Å². The number of allylic oxidation sites excluding steroid dienone is 2. The number of rotatable bonds is 4. The summed E-state index contributed by atoms with van der Waals surface area (Å²) in [5.41, 5.74) is 2.33. The molecule has 4 heteroatoms. The van der Waals surface area contributed by atoms with Crippen LogP contribution in [-0.4, -0.2) is 25.2 Å². The van der Waals surface area contributed by atoms with E-state index in [1.807, 2.05) is 41.5 Å². The number of esters is 2. The summed E-state index contributed by atoms with van der Waals surface area (Å²) in [6.45, 7) is 17.1. The van der Waals surface area contributed by atoms with Gasteiger partial charge in [-0.1, -0.05) is 52.7 Å². The van der Waals surface area contributed by atoms with Gasteiger partial charge in [-0.15, -0.1) is 0 Å². The first-order chi connectivity index (χ1) is 11.3. The first-order valence-electron chi connectivity index (χ1n) is 9.32. The van der Waals surface area contributed by atoms with Crippen molar-refractivity contribution >= 4 is 11.9 Å². The predicted molar refractivity (Wildman–Crippen MR) is 97.8 cm³/mol. The molecule has 142 valence electrons. The molecule has 0 spiro atoms. The van der Waals surface area contributed by atoms with Gasteiger partial charge in [-0.3, -0.25) is 9.59 Å². The van der Waals surface area contributed by atoms with E-state index in [4.69, 9.17) is 9.47 Å². The Hall–Kier alpha value is -1.32. The van der Waals surface area contributed by atoms with Gasteiger partial charge in [0.25, 0.3) is 0 Å². The normalized spacial score (nSPS) is 29.1. The first kappa shape index (κ1) is 20.0. The summed E-state index contributed by atoms with van der Waals surface area (Å²) >= 11 is 0. The molecule has 0 radical (unpaired) electrons. The van der Waals surface area contributed by atoms with E-state index in [1.54, 1.807) is 0 Å². The molecule has 2 aliphatic rings. The molecule has 25 heavy (non-hydrogen) atoms. The summed E-state index contributed by atoms with van der Waals surface area (Å²) in [7, 11) is 0. The van der Waals surface area contributed by atoms with Gasteiger partial charge in [-0.05, 0) is 42.9 Å². The Morgan fingerprint density at radius 1 is 0.800 bits per heavy atom. The Morgan fingerprint density at radius 2 is 1.12 bits per heavy atom. The summed E-state index contributed by atoms with van der Waals surface area (Å²) in [4.78, 5) is 25.6. The maximum atomic E-state index is 12.8. The van der Waals surface area contributed by atoms with Crippen LogP contribution in [0.25, 0.3) is 0 Å². The maximum Gasteiger partial charge on any atom is 0.310 e. The molecule has 4 nitrogen and oxygen atoms in total. The third-order valence-corrected chi connectivity index (χ3v) is 5.34. The summed E-state index contributed by atoms with van der Waals surface area (Å²) in [5.74, 6) is -1.06. The molecule has 2 bridgehead atoms. The number of fused-ring (bicyclic) bond motifs is 2. The smallest absolute Gasteiger partial charge is 0.310 e. The minimum atomic E-state index is -0.400. The second kappa shape index (κ2) is 6.77. The highest BCUT2D eigenvalue weighted by Gasteiger charge is 2.57. The van der Waals surface area contributed by atoms with Gasteiger partial charge in [0.2, 0.25) is 0 Å². The fraction of sp³-hybridized carbons (Fsp3) is 0.810. The largest absolute Gasteiger partial charge is 0.465 e. The minimum Gasteiger partial charge on any atom is -0.465 e. The molecule has 0 aromatic heterocycles. The molecule has 1 fully saturated rings. The van der Waals surface area contributed by atoms with Gasteiger partial charge in [-0.25, -0.2) is 0 Å². The third kappa shape index (κ3) is 4.45. The molecule has 2 aliphatic carbocycles. The van der Waals surface area contributed by atoms with Crippen molar-refractivity contribution in [2.75, 3.05) is 13.2 Å². The van der Waals surface area contributed by atoms with Gasteiger partial charge in [0.1, 0.15) is 0 Å². The van der Waals surface area contributed by atoms with Crippen molar-refractivity contribution in [3.05, 3.63) is 11.1 Å². The molecule has 4 atom stereocenters. The lowest BCUT2D eigenvalue weighted by Crippen LogP contribution is -2.39. The average Bonchev–Trinajstić information content (AvgIpc) is 2.98. The molecular formula is C21H34O4. The lowest BCUT2D eigenvalue weighted by Gasteiger charge is -2.31. The molecule has 1 saturated carbocycles. The molecule has 0 saturated heterocycles. The Kier molecular flexibility index (Phi) is 5.42. The molecule has 0 amide bonds. The maximum absolute atomic E-state index is 12.8. The van der Waals surface area contributed by atoms with Gasteiger partial charge in [-0.2, -0.15) is 0 Å². The second-order valence-corrected chi connectivity index (χ2v) is 10.2. The lowest BCUT2D eigenvalue weighted by molar-refractivity contribution is -0.164. The molecule has 0 aliphatic heterocycles. The Labute approximate surface area is 152 Å². The van der Waals surface area contributed by atoms with Crippen LogP contribution in [0.2, 0.25) is 0 Å². The van der Waals surface area contributed by atoms with Gasteiger partial charge in [0, 0.05) is 0 Å². The van der Waals surface area contributed by atoms with Gasteiger partial charge < -0.3 is 9.47 Å². The van der Waals surface area contributed by atoms with Crippen LogP contribution >= 0.6 is 0 Å². The van der Waals surface area contributed by atoms with E-state index >= 15 is 0 Å². The van der Waals surface area contributed by atoms with E-state index in [-0.39, 0.29) is 34.6 Å². The highest BCUT2D eigenvalue weighted by Crippen LogP contribution is 2.55. The number of carbonyl (C=O) groups excluding carboxylic acids is 2. The summed E-state index contributed by atoms with van der Waals surface area (Å²) in [5, 5.41) is 0. The molecule has 0 N–H and O–H groups in total. The Bertz CT molecular complexity index is 524. The van der Waals surface area contributed by atoms with Crippen molar-refractivity contribution in [2.45, 2.75) is 61.8 Å². The minimum absolute atomic E-state index is 0.0870. The van der Waals surface area contributed by atoms with E-state index in [9.17, 15) is 9.59 Å². The van der Waals surface area contributed by atoms with Crippen LogP contribution in [0.3, 0.4) is 0 Å². The van der Waals surface area contributed by atoms with Gasteiger partial charge in [0.15, 0.2) is 0 Å². The topological polar surface area (TPSA) is 52.6 Å². The van der Waals surface area contributed by atoms with Crippen LogP contribution in [0, 0.1) is 34.5 Å². The van der Waals surface area contributed by atoms with Crippen molar-refractivity contribution in [3.63, 3.8) is 0 Å². The van der Waals surface area contributed by atoms with Crippen molar-refractivity contribution < 1.29 is 19.1 Å². The van der Waals surface area contributed by atoms with Crippen LogP contribution < -0.4 is 0 Å². The van der Waals surface area contributed by atoms with Crippen LogP contribution in [0.15, 0.2) is 11.1 Å². The zero-order chi connectivity index (χ0) is 19.2. The second-order valence-electron chi connectivity index (χ2n) is 10.2. The zero-order valence-electron chi connectivity index (χ0n) is 17.1. The van der Waals surface area contributed by atoms with Crippen molar-refractivity contribution in [2.24, 2.45) is 34.5 Å². The van der Waals surface area contributed by atoms with Gasteiger partial charge >= 0.3 is 11.9 Å². The monoisotopic (exact) mass is 350 g/mol. The first-order valence-corrected chi connectivity index (χ1v) is 9.32. The number of carbonyl (C=O) groups is 2. The fourth-order valence-electron chi connectivity index (χ4n) is 3.93. The summed E-state index contributed by atoms with van der Waals surface area (Å²) in [6, 6.07) is 0. The standard InChI is InChI=1S/C21H34O4/c1-12-13(2)15-9-14(12)16(18(22)24-10-20(3,4)5)17(15)19(23)25-11-21(6,7)8/h14-17H,9-11H2,1-8H3. The number of ether oxygens (including phenoxy) is 2. The molecular weight excluding hydrogens is 316 g/mol. The van der Waals surface area contributed by atoms with Gasteiger partial charge in [0.05, 0.1) is 25.0 Å². The van der Waals surface area contributed by atoms with Crippen LogP contribution in [0.5, 0.6) is 0 Å². The predicted octanol–water partition coefficient (Wildman–Crippen LogP) is 4.38. The lowest BCUT2D eigenvalue weighted by atomic mass is 9.76. The van der Waals surface area contributed by atoms with Crippen LogP contribution in [0.4, 0.5) is 0 Å². The SMILES string of the molecule is CC1=C(C)C2CC1C(C(=O)OCC(C)(C)C)C2C(=O)OCC(C)(C)C. The van der Waals surface area contributed by atoms with Crippen LogP contribution in [0.1, 0.15) is 61.8 Å². The quantitative estimate of drug-likeness (QED) is 0.557. The van der Waals surface area contributed by atoms with Crippen molar-refractivity contribution in [1.29, 1.82) is 0 Å². The molecule has 0 heterocycles. The molecule has 4 unspecified atom stereocenters. The highest BCUT2D eigenvalue weighted by molar-refractivity contribution is 5.85. The van der Waals surface area contributed by atoms with E-state index in [1.165, 1.54) is 11.1 Å². The Balaban J connectivity index is 2.17. The molecule has 0 aromatic rings. The molecule has 2 rings (SSSR count). The summed E-state index contributed by atoms with van der Waals surface area (Å²) < 4.78 is 11.2. The van der Waals surface area contributed by atoms with E-state index in [2.05, 4.69) is 13.8 Å². The third-order valence-electron chi connectivity index (χ3n) is 5.34. The van der Waals surface area contributed by atoms with Crippen molar-refractivity contribution in [3.8, 4) is 0 Å². The average molecular weight is 350 g/mol. The van der Waals surface area contributed by atoms with E-state index < -0.39 is 11.8 Å². The van der Waals surface area contributed by atoms with E-state index in [0.717, 1.165) is 6.42 Å². The molecule has 0 aromatic carbocycles. The highest BCUT2D eigenvalue weighted by atomic mass is 16.5.